The average Bonchev–Trinajstić information content (AvgIpc) is 4.02. The first kappa shape index (κ1) is 41.3. The molecule has 3 aromatic heterocycles. The Morgan fingerprint density at radius 3 is 0.914 bits per heavy atom. The number of benzene rings is 11. The number of aromatic nitrogens is 3. The summed E-state index contributed by atoms with van der Waals surface area (Å²) in [6.45, 7) is 13.9. The molecule has 0 aliphatic heterocycles. The van der Waals surface area contributed by atoms with Crippen molar-refractivity contribution < 1.29 is 0 Å². The number of nitrogens with zero attached hydrogens (tertiary/aromatic N) is 3. The molecule has 3 nitrogen and oxygen atoms in total. The van der Waals surface area contributed by atoms with Crippen LogP contribution in [0.4, 0.5) is 0 Å². The lowest BCUT2D eigenvalue weighted by Gasteiger charge is -2.21. The highest BCUT2D eigenvalue weighted by Crippen LogP contribution is 2.48. The van der Waals surface area contributed by atoms with Crippen LogP contribution in [0, 0.1) is 0 Å². The number of hydrogen-bond donors (Lipinski definition) is 0. The highest BCUT2D eigenvalue weighted by atomic mass is 79.9. The van der Waals surface area contributed by atoms with E-state index in [4.69, 9.17) is 0 Å². The second-order valence-electron chi connectivity index (χ2n) is 21.5. The molecule has 336 valence electrons. The van der Waals surface area contributed by atoms with Crippen molar-refractivity contribution in [3.8, 4) is 17.1 Å². The highest BCUT2D eigenvalue weighted by molar-refractivity contribution is 9.10. The molecule has 0 saturated carbocycles. The number of hydrogen-bond acceptors (Lipinski definition) is 0. The zero-order chi connectivity index (χ0) is 47.4. The minimum Gasteiger partial charge on any atom is -0.309 e. The molecular weight excluding hydrogens is 915 g/mol. The van der Waals surface area contributed by atoms with Crippen molar-refractivity contribution in [1.29, 1.82) is 0 Å². The lowest BCUT2D eigenvalue weighted by molar-refractivity contribution is 0.590. The fourth-order valence-electron chi connectivity index (χ4n) is 11.9. The summed E-state index contributed by atoms with van der Waals surface area (Å²) in [5.74, 6) is 0. The van der Waals surface area contributed by atoms with Gasteiger partial charge in [0.2, 0.25) is 0 Å². The molecule has 0 unspecified atom stereocenters. The van der Waals surface area contributed by atoms with Crippen LogP contribution in [-0.2, 0) is 10.8 Å². The van der Waals surface area contributed by atoms with Gasteiger partial charge in [0.1, 0.15) is 0 Å². The Hall–Kier alpha value is -7.66. The summed E-state index contributed by atoms with van der Waals surface area (Å²) in [7, 11) is 0. The summed E-state index contributed by atoms with van der Waals surface area (Å²) < 4.78 is 8.60. The largest absolute Gasteiger partial charge is 0.309 e. The van der Waals surface area contributed by atoms with Crippen LogP contribution in [0.5, 0.6) is 0 Å². The molecule has 0 N–H and O–H groups in total. The molecule has 0 fully saturated rings. The van der Waals surface area contributed by atoms with Gasteiger partial charge < -0.3 is 13.7 Å². The van der Waals surface area contributed by atoms with E-state index in [0.717, 1.165) is 21.5 Å². The standard InChI is InChI=1S/C66H50BrN3/c1-65(2,3)43-27-33-52-50(35-43)51-36-44(66(4,5)6)28-34-53(51)68(52)45-37-58(69-54-29-23-39-15-7-11-19-46(39)60(54)61-47-20-12-8-16-40(47)24-30-55(61)69)64(67)59(38-45)70-56-31-25-41-17-9-13-21-48(41)62(56)63-49-22-14-10-18-42(49)26-32-57(63)70/h7-38H,1-6H3. The predicted molar refractivity (Wildman–Crippen MR) is 305 cm³/mol. The molecule has 14 rings (SSSR count). The average molecular weight is 965 g/mol. The third-order valence-electron chi connectivity index (χ3n) is 15.3. The molecule has 0 atom stereocenters. The molecule has 0 saturated heterocycles. The molecule has 0 amide bonds. The van der Waals surface area contributed by atoms with E-state index in [0.29, 0.717) is 0 Å². The van der Waals surface area contributed by atoms with Gasteiger partial charge in [0.05, 0.1) is 54.6 Å². The molecular formula is C66H50BrN3. The fraction of sp³-hybridized carbons (Fsp3) is 0.121. The van der Waals surface area contributed by atoms with Gasteiger partial charge >= 0.3 is 0 Å². The quantitative estimate of drug-likeness (QED) is 0.168. The van der Waals surface area contributed by atoms with E-state index < -0.39 is 0 Å². The van der Waals surface area contributed by atoms with Crippen LogP contribution in [-0.4, -0.2) is 13.7 Å². The van der Waals surface area contributed by atoms with Gasteiger partial charge in [-0.05, 0) is 142 Å². The van der Waals surface area contributed by atoms with E-state index in [1.807, 2.05) is 0 Å². The summed E-state index contributed by atoms with van der Waals surface area (Å²) in [4.78, 5) is 0. The third kappa shape index (κ3) is 5.86. The first-order chi connectivity index (χ1) is 33.9. The summed E-state index contributed by atoms with van der Waals surface area (Å²) in [5.41, 5.74) is 12.9. The van der Waals surface area contributed by atoms with Gasteiger partial charge in [-0.2, -0.15) is 0 Å². The number of rotatable bonds is 3. The molecule has 0 bridgehead atoms. The SMILES string of the molecule is CC(C)(C)c1ccc2c(c1)c1cc(C(C)(C)C)ccc1n2-c1cc(-n2c3ccc4ccccc4c3c3c4ccccc4ccc32)c(Br)c(-n2c3ccc4ccccc4c3c3c4ccccc4ccc32)c1. The Kier molecular flexibility index (Phi) is 8.67. The molecule has 0 spiro atoms. The molecule has 0 aliphatic rings. The molecule has 3 heterocycles. The van der Waals surface area contributed by atoms with Crippen LogP contribution in [0.1, 0.15) is 52.7 Å². The normalized spacial score (nSPS) is 12.8. The van der Waals surface area contributed by atoms with Crippen molar-refractivity contribution in [2.75, 3.05) is 0 Å². The first-order valence-electron chi connectivity index (χ1n) is 24.5. The van der Waals surface area contributed by atoms with Gasteiger partial charge in [-0.15, -0.1) is 0 Å². The number of halogens is 1. The fourth-order valence-corrected chi connectivity index (χ4v) is 12.5. The van der Waals surface area contributed by atoms with Crippen molar-refractivity contribution in [2.24, 2.45) is 0 Å². The number of fused-ring (bicyclic) bond motifs is 17. The third-order valence-corrected chi connectivity index (χ3v) is 16.2. The van der Waals surface area contributed by atoms with Gasteiger partial charge in [0.15, 0.2) is 0 Å². The van der Waals surface area contributed by atoms with E-state index in [-0.39, 0.29) is 10.8 Å². The molecule has 14 aromatic rings. The second kappa shape index (κ2) is 14.7. The topological polar surface area (TPSA) is 14.8 Å². The zero-order valence-electron chi connectivity index (χ0n) is 40.2. The van der Waals surface area contributed by atoms with Crippen LogP contribution < -0.4 is 0 Å². The molecule has 0 aliphatic carbocycles. The summed E-state index contributed by atoms with van der Waals surface area (Å²) in [5, 5.41) is 17.5. The second-order valence-corrected chi connectivity index (χ2v) is 22.3. The van der Waals surface area contributed by atoms with Crippen molar-refractivity contribution in [3.63, 3.8) is 0 Å². The first-order valence-corrected chi connectivity index (χ1v) is 25.3. The summed E-state index contributed by atoms with van der Waals surface area (Å²) in [6, 6.07) is 73.2. The molecule has 4 heteroatoms. The Bertz CT molecular complexity index is 4090. The minimum absolute atomic E-state index is 0.0159. The maximum absolute atomic E-state index is 4.47. The van der Waals surface area contributed by atoms with Gasteiger partial charge in [-0.1, -0.05) is 175 Å². The van der Waals surface area contributed by atoms with E-state index in [1.165, 1.54) is 120 Å². The van der Waals surface area contributed by atoms with Crippen molar-refractivity contribution in [2.45, 2.75) is 52.4 Å². The van der Waals surface area contributed by atoms with Crippen LogP contribution in [0.3, 0.4) is 0 Å². The van der Waals surface area contributed by atoms with Crippen molar-refractivity contribution >= 4 is 124 Å². The predicted octanol–water partition coefficient (Wildman–Crippen LogP) is 18.9. The minimum atomic E-state index is -0.0159. The van der Waals surface area contributed by atoms with Crippen LogP contribution in [0.15, 0.2) is 199 Å². The Morgan fingerprint density at radius 1 is 0.300 bits per heavy atom. The van der Waals surface area contributed by atoms with E-state index in [9.17, 15) is 0 Å². The molecule has 70 heavy (non-hydrogen) atoms. The van der Waals surface area contributed by atoms with E-state index in [1.54, 1.807) is 0 Å². The maximum atomic E-state index is 4.47. The van der Waals surface area contributed by atoms with Gasteiger partial charge in [-0.3, -0.25) is 0 Å². The summed E-state index contributed by atoms with van der Waals surface area (Å²) >= 11 is 4.47. The smallest absolute Gasteiger partial charge is 0.0658 e. The highest BCUT2D eigenvalue weighted by Gasteiger charge is 2.27. The Balaban J connectivity index is 1.19. The van der Waals surface area contributed by atoms with Crippen LogP contribution in [0.2, 0.25) is 0 Å². The molecule has 0 radical (unpaired) electrons. The van der Waals surface area contributed by atoms with Gasteiger partial charge in [-0.25, -0.2) is 0 Å². The zero-order valence-corrected chi connectivity index (χ0v) is 41.8. The maximum Gasteiger partial charge on any atom is 0.0658 e. The summed E-state index contributed by atoms with van der Waals surface area (Å²) in [6.07, 6.45) is 0. The van der Waals surface area contributed by atoms with E-state index in [2.05, 4.69) is 265 Å². The monoisotopic (exact) mass is 963 g/mol. The lowest BCUT2D eigenvalue weighted by atomic mass is 9.85. The molecule has 11 aromatic carbocycles. The van der Waals surface area contributed by atoms with Crippen LogP contribution >= 0.6 is 15.9 Å². The Morgan fingerprint density at radius 2 is 0.600 bits per heavy atom. The van der Waals surface area contributed by atoms with Crippen LogP contribution in [0.25, 0.3) is 126 Å². The lowest BCUT2D eigenvalue weighted by Crippen LogP contribution is -2.10. The van der Waals surface area contributed by atoms with Gasteiger partial charge in [0.25, 0.3) is 0 Å². The van der Waals surface area contributed by atoms with E-state index >= 15 is 0 Å². The van der Waals surface area contributed by atoms with Gasteiger partial charge in [0, 0.05) is 32.3 Å². The Labute approximate surface area is 414 Å². The van der Waals surface area contributed by atoms with Crippen molar-refractivity contribution in [1.82, 2.24) is 13.7 Å². The van der Waals surface area contributed by atoms with Crippen molar-refractivity contribution in [3.05, 3.63) is 210 Å².